The molecule has 10 heteroatoms. The molecule has 2 fully saturated rings. The highest BCUT2D eigenvalue weighted by atomic mass is 35.5. The highest BCUT2D eigenvalue weighted by Crippen LogP contribution is 2.53. The monoisotopic (exact) mass is 544 g/mol. The van der Waals surface area contributed by atoms with Gasteiger partial charge in [0.2, 0.25) is 5.78 Å². The largest absolute Gasteiger partial charge is 0.508 e. The lowest BCUT2D eigenvalue weighted by atomic mass is 9.59. The minimum absolute atomic E-state index is 0.00893. The Morgan fingerprint density at radius 3 is 2.45 bits per heavy atom. The molecule has 3 atom stereocenters. The van der Waals surface area contributed by atoms with Gasteiger partial charge in [0, 0.05) is 29.5 Å². The van der Waals surface area contributed by atoms with Crippen molar-refractivity contribution in [1.29, 1.82) is 0 Å². The Hall–Kier alpha value is -2.88. The molecule has 0 saturated heterocycles. The number of benzene rings is 1. The molecule has 9 nitrogen and oxygen atoms in total. The highest BCUT2D eigenvalue weighted by Gasteiger charge is 2.60. The number of nitrogens with two attached hydrogens (primary N) is 1. The van der Waals surface area contributed by atoms with Crippen LogP contribution in [-0.4, -0.2) is 50.0 Å². The molecule has 0 radical (unpaired) electrons. The molecule has 1 aromatic carbocycles. The number of hydrogen-bond acceptors (Lipinski definition) is 8. The van der Waals surface area contributed by atoms with Crippen LogP contribution >= 0.6 is 11.6 Å². The van der Waals surface area contributed by atoms with Crippen molar-refractivity contribution in [2.24, 2.45) is 23.5 Å². The first-order chi connectivity index (χ1) is 18.1. The number of carbonyl (C=O) groups excluding carboxylic acids is 3. The van der Waals surface area contributed by atoms with Crippen molar-refractivity contribution in [2.45, 2.75) is 69.9 Å². The molecule has 4 aliphatic rings. The van der Waals surface area contributed by atoms with Gasteiger partial charge < -0.3 is 31.5 Å². The molecule has 204 valence electrons. The fourth-order valence-electron chi connectivity index (χ4n) is 6.83. The molecular weight excluding hydrogens is 512 g/mol. The number of amides is 1. The lowest BCUT2D eigenvalue weighted by Gasteiger charge is -2.46. The van der Waals surface area contributed by atoms with Crippen molar-refractivity contribution in [3.05, 3.63) is 44.7 Å². The first-order valence-corrected chi connectivity index (χ1v) is 13.6. The van der Waals surface area contributed by atoms with Crippen LogP contribution in [0.1, 0.15) is 68.1 Å². The second-order valence-corrected chi connectivity index (χ2v) is 11.5. The van der Waals surface area contributed by atoms with Gasteiger partial charge in [0.25, 0.3) is 5.91 Å². The number of phenolic OH excluding ortho intramolecular Hbond substituents is 1. The second-order valence-electron chi connectivity index (χ2n) is 11.1. The normalized spacial score (nSPS) is 28.1. The smallest absolute Gasteiger partial charge is 0.255 e. The summed E-state index contributed by atoms with van der Waals surface area (Å²) in [7, 11) is 0. The fraction of sp³-hybridized carbons (Fsp3) is 0.536. The molecule has 4 aliphatic carbocycles. The zero-order valence-electron chi connectivity index (χ0n) is 21.1. The van der Waals surface area contributed by atoms with Crippen LogP contribution < -0.4 is 11.1 Å². The van der Waals surface area contributed by atoms with Gasteiger partial charge in [-0.1, -0.05) is 37.3 Å². The number of aromatic hydroxyl groups is 1. The molecule has 38 heavy (non-hydrogen) atoms. The van der Waals surface area contributed by atoms with Crippen LogP contribution in [0.2, 0.25) is 5.02 Å². The van der Waals surface area contributed by atoms with Crippen LogP contribution in [0.15, 0.2) is 23.0 Å². The van der Waals surface area contributed by atoms with Crippen LogP contribution in [-0.2, 0) is 27.3 Å². The van der Waals surface area contributed by atoms with Crippen LogP contribution in [0.25, 0.3) is 5.76 Å². The van der Waals surface area contributed by atoms with Gasteiger partial charge in [-0.3, -0.25) is 14.4 Å². The van der Waals surface area contributed by atoms with Crippen LogP contribution in [0, 0.1) is 17.8 Å². The number of carbonyl (C=O) groups is 3. The maximum atomic E-state index is 13.6. The van der Waals surface area contributed by atoms with E-state index in [1.54, 1.807) is 0 Å². The number of hydrogen-bond donors (Lipinski definition) is 6. The van der Waals surface area contributed by atoms with Gasteiger partial charge in [-0.05, 0) is 61.3 Å². The van der Waals surface area contributed by atoms with E-state index in [-0.39, 0.29) is 36.1 Å². The minimum Gasteiger partial charge on any atom is -0.508 e. The molecule has 0 aromatic heterocycles. The zero-order chi connectivity index (χ0) is 27.4. The molecule has 0 spiro atoms. The number of halogens is 1. The molecular formula is C28H33ClN2O7. The Morgan fingerprint density at radius 1 is 1.11 bits per heavy atom. The summed E-state index contributed by atoms with van der Waals surface area (Å²) >= 11 is 6.77. The number of nitrogens with one attached hydrogen (secondary N) is 1. The lowest BCUT2D eigenvalue weighted by Crippen LogP contribution is -2.58. The van der Waals surface area contributed by atoms with E-state index in [1.165, 1.54) is 44.6 Å². The summed E-state index contributed by atoms with van der Waals surface area (Å²) in [5.41, 5.74) is 2.83. The Kier molecular flexibility index (Phi) is 7.04. The fourth-order valence-corrected chi connectivity index (χ4v) is 7.13. The Morgan fingerprint density at radius 2 is 1.79 bits per heavy atom. The van der Waals surface area contributed by atoms with E-state index in [0.29, 0.717) is 28.6 Å². The van der Waals surface area contributed by atoms with Crippen LogP contribution in [0.4, 0.5) is 0 Å². The van der Waals surface area contributed by atoms with Gasteiger partial charge in [0.05, 0.1) is 5.56 Å². The van der Waals surface area contributed by atoms with Crippen molar-refractivity contribution in [3.63, 3.8) is 0 Å². The number of phenols is 1. The third kappa shape index (κ3) is 4.21. The summed E-state index contributed by atoms with van der Waals surface area (Å²) in [5, 5.41) is 47.8. The van der Waals surface area contributed by atoms with E-state index in [1.807, 2.05) is 0 Å². The van der Waals surface area contributed by atoms with E-state index >= 15 is 0 Å². The summed E-state index contributed by atoms with van der Waals surface area (Å²) in [5.74, 6) is -5.90. The van der Waals surface area contributed by atoms with Gasteiger partial charge in [-0.25, -0.2) is 0 Å². The molecule has 0 heterocycles. The summed E-state index contributed by atoms with van der Waals surface area (Å²) in [6.45, 7) is 1.28. The van der Waals surface area contributed by atoms with Crippen molar-refractivity contribution in [1.82, 2.24) is 5.32 Å². The van der Waals surface area contributed by atoms with E-state index in [2.05, 4.69) is 5.32 Å². The highest BCUT2D eigenvalue weighted by molar-refractivity contribution is 6.32. The maximum absolute atomic E-state index is 13.6. The van der Waals surface area contributed by atoms with Gasteiger partial charge in [0.15, 0.2) is 11.4 Å². The molecule has 1 amide bonds. The first kappa shape index (κ1) is 26.7. The SMILES string of the molecule is NC(=O)C1=C(O)[C@@]2(O)C(=O)C3=C(O)c4c(O)cc(CNCC5CCCCCC5)c(Cl)c4CC3C[C@H]2CC1=O. The Bertz CT molecular complexity index is 1280. The van der Waals surface area contributed by atoms with E-state index in [0.717, 1.165) is 6.54 Å². The van der Waals surface area contributed by atoms with Crippen molar-refractivity contribution >= 4 is 34.8 Å². The molecule has 2 saturated carbocycles. The number of ketones is 2. The van der Waals surface area contributed by atoms with Crippen molar-refractivity contribution in [3.8, 4) is 5.75 Å². The van der Waals surface area contributed by atoms with Crippen LogP contribution in [0.5, 0.6) is 5.75 Å². The van der Waals surface area contributed by atoms with Gasteiger partial charge in [-0.2, -0.15) is 0 Å². The topological polar surface area (TPSA) is 170 Å². The van der Waals surface area contributed by atoms with Gasteiger partial charge in [-0.15, -0.1) is 0 Å². The number of primary amides is 1. The summed E-state index contributed by atoms with van der Waals surface area (Å²) in [4.78, 5) is 37.8. The quantitative estimate of drug-likeness (QED) is 0.242. The Balaban J connectivity index is 1.47. The van der Waals surface area contributed by atoms with Crippen LogP contribution in [0.3, 0.4) is 0 Å². The number of aliphatic hydroxyl groups excluding tert-OH is 2. The molecule has 1 unspecified atom stereocenters. The van der Waals surface area contributed by atoms with Crippen molar-refractivity contribution in [2.75, 3.05) is 6.54 Å². The number of rotatable bonds is 5. The predicted molar refractivity (Wildman–Crippen MR) is 139 cm³/mol. The number of fused-ring (bicyclic) bond motifs is 3. The van der Waals surface area contributed by atoms with Gasteiger partial charge in [0.1, 0.15) is 22.8 Å². The number of aliphatic hydroxyl groups is 3. The van der Waals surface area contributed by atoms with E-state index in [9.17, 15) is 34.8 Å². The molecule has 5 rings (SSSR count). The second kappa shape index (κ2) is 10.0. The third-order valence-electron chi connectivity index (χ3n) is 8.80. The molecule has 0 bridgehead atoms. The average Bonchev–Trinajstić information content (AvgIpc) is 3.13. The molecule has 1 aromatic rings. The average molecular weight is 545 g/mol. The van der Waals surface area contributed by atoms with Gasteiger partial charge >= 0.3 is 0 Å². The van der Waals surface area contributed by atoms with Crippen molar-refractivity contribution < 1.29 is 34.8 Å². The summed E-state index contributed by atoms with van der Waals surface area (Å²) in [6.07, 6.45) is 7.31. The van der Waals surface area contributed by atoms with E-state index in [4.69, 9.17) is 17.3 Å². The first-order valence-electron chi connectivity index (χ1n) is 13.3. The maximum Gasteiger partial charge on any atom is 0.255 e. The lowest BCUT2D eigenvalue weighted by molar-refractivity contribution is -0.147. The number of Topliss-reactive ketones (excluding diaryl/α,β-unsaturated/α-hetero) is 2. The molecule has 0 aliphatic heterocycles. The molecule has 7 N–H and O–H groups in total. The standard InChI is InChI=1S/C28H33ClN2O7/c29-23-15(12-31-11-13-5-3-1-2-4-6-13)9-18(32)21-17(23)8-14-7-16-10-19(33)22(27(30)37)26(36)28(16,38)25(35)20(14)24(21)34/h9,13-14,16,31-32,34,36,38H,1-8,10-12H2,(H2,30,37)/t14?,16-,28-/m0/s1. The Labute approximate surface area is 225 Å². The third-order valence-corrected chi connectivity index (χ3v) is 9.27. The summed E-state index contributed by atoms with van der Waals surface area (Å²) < 4.78 is 0. The predicted octanol–water partition coefficient (Wildman–Crippen LogP) is 3.14. The minimum atomic E-state index is -2.57. The zero-order valence-corrected chi connectivity index (χ0v) is 21.8. The summed E-state index contributed by atoms with van der Waals surface area (Å²) in [6, 6.07) is 1.46. The van der Waals surface area contributed by atoms with E-state index < -0.39 is 52.0 Å².